The molecule has 166 valence electrons. The number of benzene rings is 4. The van der Waals surface area contributed by atoms with Crippen molar-refractivity contribution >= 4 is 0 Å². The minimum absolute atomic E-state index is 0.123. The molecule has 0 bridgehead atoms. The molecule has 0 fully saturated rings. The Hall–Kier alpha value is -3.92. The standard InChI is InChI=1S/C29H24F2O2/c1-3-18-32-26-16-17-27(29(31)28(26)30)33-19-21-6-10-23(11-7-21)25-14-12-24(13-15-25)22-8-4-20(2)5-9-22/h3-18H,19H2,1-2H3/b18-3+. The van der Waals surface area contributed by atoms with Gasteiger partial charge in [0.1, 0.15) is 6.61 Å². The Labute approximate surface area is 192 Å². The van der Waals surface area contributed by atoms with Crippen LogP contribution >= 0.6 is 0 Å². The van der Waals surface area contributed by atoms with Gasteiger partial charge in [0.25, 0.3) is 0 Å². The quantitative estimate of drug-likeness (QED) is 0.269. The molecule has 0 aromatic heterocycles. The smallest absolute Gasteiger partial charge is 0.205 e. The summed E-state index contributed by atoms with van der Waals surface area (Å²) in [5.74, 6) is -2.48. The fourth-order valence-corrected chi connectivity index (χ4v) is 3.41. The van der Waals surface area contributed by atoms with E-state index in [9.17, 15) is 8.78 Å². The molecule has 0 N–H and O–H groups in total. The molecule has 0 heterocycles. The Morgan fingerprint density at radius 3 is 1.64 bits per heavy atom. The molecule has 0 aliphatic carbocycles. The van der Waals surface area contributed by atoms with Crippen LogP contribution < -0.4 is 9.47 Å². The molecule has 0 amide bonds. The Morgan fingerprint density at radius 1 is 0.636 bits per heavy atom. The zero-order valence-corrected chi connectivity index (χ0v) is 18.5. The average Bonchev–Trinajstić information content (AvgIpc) is 2.85. The largest absolute Gasteiger partial charge is 0.486 e. The molecule has 4 aromatic rings. The van der Waals surface area contributed by atoms with Gasteiger partial charge < -0.3 is 9.47 Å². The normalized spacial score (nSPS) is 11.0. The summed E-state index contributed by atoms with van der Waals surface area (Å²) in [6, 6.07) is 27.4. The number of halogens is 2. The van der Waals surface area contributed by atoms with E-state index in [2.05, 4.69) is 55.5 Å². The molecule has 0 aliphatic rings. The predicted octanol–water partition coefficient (Wildman–Crippen LogP) is 8.10. The Kier molecular flexibility index (Phi) is 6.84. The topological polar surface area (TPSA) is 18.5 Å². The molecule has 2 nitrogen and oxygen atoms in total. The lowest BCUT2D eigenvalue weighted by Crippen LogP contribution is -2.00. The maximum atomic E-state index is 14.2. The summed E-state index contributed by atoms with van der Waals surface area (Å²) in [5, 5.41) is 0. The number of hydrogen-bond acceptors (Lipinski definition) is 2. The Bertz CT molecular complexity index is 1240. The molecular weight excluding hydrogens is 418 g/mol. The lowest BCUT2D eigenvalue weighted by molar-refractivity contribution is 0.281. The molecule has 0 atom stereocenters. The van der Waals surface area contributed by atoms with E-state index in [0.29, 0.717) is 0 Å². The van der Waals surface area contributed by atoms with Crippen LogP contribution in [0.1, 0.15) is 18.1 Å². The molecule has 0 spiro atoms. The van der Waals surface area contributed by atoms with E-state index in [1.807, 2.05) is 24.3 Å². The van der Waals surface area contributed by atoms with Gasteiger partial charge in [-0.15, -0.1) is 0 Å². The van der Waals surface area contributed by atoms with Crippen molar-refractivity contribution in [1.29, 1.82) is 0 Å². The molecule has 0 saturated heterocycles. The summed E-state index contributed by atoms with van der Waals surface area (Å²) in [6.45, 7) is 3.92. The third-order valence-electron chi connectivity index (χ3n) is 5.29. The average molecular weight is 443 g/mol. The lowest BCUT2D eigenvalue weighted by Gasteiger charge is -2.10. The third-order valence-corrected chi connectivity index (χ3v) is 5.29. The molecule has 0 unspecified atom stereocenters. The SMILES string of the molecule is C/C=C/Oc1ccc(OCc2ccc(-c3ccc(-c4ccc(C)cc4)cc3)cc2)c(F)c1F. The molecule has 0 saturated carbocycles. The highest BCUT2D eigenvalue weighted by atomic mass is 19.2. The zero-order chi connectivity index (χ0) is 23.2. The zero-order valence-electron chi connectivity index (χ0n) is 18.5. The van der Waals surface area contributed by atoms with Gasteiger partial charge in [-0.25, -0.2) is 0 Å². The second kappa shape index (κ2) is 10.1. The van der Waals surface area contributed by atoms with Gasteiger partial charge in [-0.3, -0.25) is 0 Å². The van der Waals surface area contributed by atoms with Crippen LogP contribution in [0, 0.1) is 18.6 Å². The van der Waals surface area contributed by atoms with E-state index >= 15 is 0 Å². The van der Waals surface area contributed by atoms with Gasteiger partial charge in [0.2, 0.25) is 11.6 Å². The number of hydrogen-bond donors (Lipinski definition) is 0. The van der Waals surface area contributed by atoms with Crippen molar-refractivity contribution in [3.8, 4) is 33.8 Å². The number of rotatable bonds is 7. The highest BCUT2D eigenvalue weighted by Gasteiger charge is 2.15. The summed E-state index contributed by atoms with van der Waals surface area (Å²) < 4.78 is 38.9. The van der Waals surface area contributed by atoms with E-state index in [1.165, 1.54) is 35.1 Å². The highest BCUT2D eigenvalue weighted by Crippen LogP contribution is 2.29. The van der Waals surface area contributed by atoms with Gasteiger partial charge in [-0.1, -0.05) is 84.4 Å². The lowest BCUT2D eigenvalue weighted by atomic mass is 9.99. The van der Waals surface area contributed by atoms with E-state index < -0.39 is 11.6 Å². The van der Waals surface area contributed by atoms with Crippen molar-refractivity contribution in [3.63, 3.8) is 0 Å². The maximum Gasteiger partial charge on any atom is 0.205 e. The van der Waals surface area contributed by atoms with E-state index in [4.69, 9.17) is 9.47 Å². The predicted molar refractivity (Wildman–Crippen MR) is 128 cm³/mol. The van der Waals surface area contributed by atoms with Crippen LogP contribution in [0.4, 0.5) is 8.78 Å². The van der Waals surface area contributed by atoms with Crippen molar-refractivity contribution in [2.45, 2.75) is 20.5 Å². The minimum Gasteiger partial charge on any atom is -0.486 e. The molecular formula is C29H24F2O2. The van der Waals surface area contributed by atoms with Gasteiger partial charge in [0.15, 0.2) is 11.5 Å². The van der Waals surface area contributed by atoms with Crippen molar-refractivity contribution in [2.24, 2.45) is 0 Å². The first kappa shape index (κ1) is 22.3. The first-order valence-electron chi connectivity index (χ1n) is 10.7. The summed E-state index contributed by atoms with van der Waals surface area (Å²) >= 11 is 0. The van der Waals surface area contributed by atoms with Crippen LogP contribution in [-0.2, 0) is 6.61 Å². The van der Waals surface area contributed by atoms with E-state index in [0.717, 1.165) is 16.7 Å². The minimum atomic E-state index is -1.07. The molecule has 33 heavy (non-hydrogen) atoms. The number of aryl methyl sites for hydroxylation is 1. The molecule has 4 aromatic carbocycles. The second-order valence-electron chi connectivity index (χ2n) is 7.71. The third kappa shape index (κ3) is 5.29. The van der Waals surface area contributed by atoms with Crippen molar-refractivity contribution in [2.75, 3.05) is 0 Å². The second-order valence-corrected chi connectivity index (χ2v) is 7.71. The maximum absolute atomic E-state index is 14.2. The van der Waals surface area contributed by atoms with Crippen LogP contribution in [0.3, 0.4) is 0 Å². The van der Waals surface area contributed by atoms with Crippen LogP contribution in [0.25, 0.3) is 22.3 Å². The molecule has 0 aliphatic heterocycles. The summed E-state index contributed by atoms with van der Waals surface area (Å²) in [7, 11) is 0. The Morgan fingerprint density at radius 2 is 1.09 bits per heavy atom. The van der Waals surface area contributed by atoms with E-state index in [-0.39, 0.29) is 18.1 Å². The molecule has 4 rings (SSSR count). The van der Waals surface area contributed by atoms with Gasteiger partial charge >= 0.3 is 0 Å². The van der Waals surface area contributed by atoms with Gasteiger partial charge in [-0.2, -0.15) is 8.78 Å². The van der Waals surface area contributed by atoms with Crippen LogP contribution in [-0.4, -0.2) is 0 Å². The van der Waals surface area contributed by atoms with E-state index in [1.54, 1.807) is 13.0 Å². The number of ether oxygens (including phenoxy) is 2. The van der Waals surface area contributed by atoms with Crippen LogP contribution in [0.15, 0.2) is 97.3 Å². The fourth-order valence-electron chi connectivity index (χ4n) is 3.41. The van der Waals surface area contributed by atoms with Crippen molar-refractivity contribution in [3.05, 3.63) is 120 Å². The summed E-state index contributed by atoms with van der Waals surface area (Å²) in [5.41, 5.74) is 6.61. The van der Waals surface area contributed by atoms with Crippen LogP contribution in [0.2, 0.25) is 0 Å². The molecule has 0 radical (unpaired) electrons. The first-order chi connectivity index (χ1) is 16.0. The van der Waals surface area contributed by atoms with Gasteiger partial charge in [0, 0.05) is 0 Å². The van der Waals surface area contributed by atoms with Crippen molar-refractivity contribution in [1.82, 2.24) is 0 Å². The van der Waals surface area contributed by atoms with Crippen LogP contribution in [0.5, 0.6) is 11.5 Å². The Balaban J connectivity index is 1.41. The monoisotopic (exact) mass is 442 g/mol. The number of allylic oxidation sites excluding steroid dienone is 1. The van der Waals surface area contributed by atoms with Gasteiger partial charge in [0.05, 0.1) is 6.26 Å². The highest BCUT2D eigenvalue weighted by molar-refractivity contribution is 5.70. The van der Waals surface area contributed by atoms with Crippen molar-refractivity contribution < 1.29 is 18.3 Å². The summed E-state index contributed by atoms with van der Waals surface area (Å²) in [6.07, 6.45) is 2.87. The molecule has 4 heteroatoms. The van der Waals surface area contributed by atoms with Gasteiger partial charge in [-0.05, 0) is 53.8 Å². The summed E-state index contributed by atoms with van der Waals surface area (Å²) in [4.78, 5) is 0. The first-order valence-corrected chi connectivity index (χ1v) is 10.7. The fraction of sp³-hybridized carbons (Fsp3) is 0.103.